The van der Waals surface area contributed by atoms with Crippen molar-refractivity contribution < 1.29 is 19.4 Å². The summed E-state index contributed by atoms with van der Waals surface area (Å²) in [5.74, 6) is -0.787. The molecule has 24 heavy (non-hydrogen) atoms. The lowest BCUT2D eigenvalue weighted by atomic mass is 10.0. The zero-order valence-electron chi connectivity index (χ0n) is 13.9. The fraction of sp³-hybridized carbons (Fsp3) is 0.278. The minimum Gasteiger partial charge on any atom is -0.488 e. The maximum atomic E-state index is 12.1. The zero-order chi connectivity index (χ0) is 17.7. The monoisotopic (exact) mass is 328 g/mol. The molecule has 0 aliphatic heterocycles. The Labute approximate surface area is 140 Å². The van der Waals surface area contributed by atoms with Gasteiger partial charge in [0, 0.05) is 23.5 Å². The van der Waals surface area contributed by atoms with E-state index in [4.69, 9.17) is 9.84 Å². The van der Waals surface area contributed by atoms with Crippen molar-refractivity contribution in [2.24, 2.45) is 0 Å². The number of carbonyl (C=O) groups excluding carboxylic acids is 1. The van der Waals surface area contributed by atoms with E-state index in [0.29, 0.717) is 17.9 Å². The number of benzene rings is 1. The van der Waals surface area contributed by atoms with Gasteiger partial charge in [-0.25, -0.2) is 0 Å². The average molecular weight is 328 g/mol. The van der Waals surface area contributed by atoms with E-state index in [1.54, 1.807) is 24.5 Å². The minimum absolute atomic E-state index is 0.386. The second-order valence-corrected chi connectivity index (χ2v) is 5.62. The van der Waals surface area contributed by atoms with Gasteiger partial charge in [-0.05, 0) is 50.1 Å². The summed E-state index contributed by atoms with van der Waals surface area (Å²) in [6.45, 7) is 5.51. The molecule has 126 valence electrons. The van der Waals surface area contributed by atoms with Gasteiger partial charge >= 0.3 is 5.97 Å². The second kappa shape index (κ2) is 7.59. The predicted octanol–water partition coefficient (Wildman–Crippen LogP) is 2.48. The Morgan fingerprint density at radius 3 is 2.50 bits per heavy atom. The molecule has 2 rings (SSSR count). The Bertz CT molecular complexity index is 721. The van der Waals surface area contributed by atoms with Crippen LogP contribution in [0, 0.1) is 13.8 Å². The highest BCUT2D eigenvalue weighted by molar-refractivity contribution is 5.97. The third-order valence-electron chi connectivity index (χ3n) is 3.55. The molecule has 0 unspecified atom stereocenters. The molecule has 0 aliphatic rings. The molecule has 0 saturated heterocycles. The average Bonchev–Trinajstić information content (AvgIpc) is 2.54. The van der Waals surface area contributed by atoms with E-state index in [9.17, 15) is 9.59 Å². The number of nitrogens with zero attached hydrogens (tertiary/aromatic N) is 1. The second-order valence-electron chi connectivity index (χ2n) is 5.62. The van der Waals surface area contributed by atoms with Gasteiger partial charge in [0.15, 0.2) is 0 Å². The van der Waals surface area contributed by atoms with E-state index in [0.717, 1.165) is 16.7 Å². The highest BCUT2D eigenvalue weighted by Crippen LogP contribution is 2.25. The summed E-state index contributed by atoms with van der Waals surface area (Å²) < 4.78 is 5.84. The molecule has 2 N–H and O–H groups in total. The molecule has 0 aliphatic carbocycles. The van der Waals surface area contributed by atoms with Gasteiger partial charge in [-0.15, -0.1) is 0 Å². The van der Waals surface area contributed by atoms with Gasteiger partial charge in [-0.3, -0.25) is 14.6 Å². The third kappa shape index (κ3) is 4.32. The first-order valence-electron chi connectivity index (χ1n) is 7.55. The van der Waals surface area contributed by atoms with E-state index in [-0.39, 0.29) is 0 Å². The molecule has 0 bridgehead atoms. The van der Waals surface area contributed by atoms with Crippen molar-refractivity contribution in [3.63, 3.8) is 0 Å². The smallest absolute Gasteiger partial charge is 0.325 e. The fourth-order valence-electron chi connectivity index (χ4n) is 2.29. The quantitative estimate of drug-likeness (QED) is 0.850. The van der Waals surface area contributed by atoms with Crippen molar-refractivity contribution in [3.8, 4) is 5.75 Å². The topological polar surface area (TPSA) is 88.5 Å². The van der Waals surface area contributed by atoms with E-state index in [1.165, 1.54) is 6.92 Å². The summed E-state index contributed by atoms with van der Waals surface area (Å²) in [4.78, 5) is 27.0. The van der Waals surface area contributed by atoms with E-state index < -0.39 is 17.9 Å². The van der Waals surface area contributed by atoms with Gasteiger partial charge in [0.25, 0.3) is 5.91 Å². The Morgan fingerprint density at radius 2 is 1.96 bits per heavy atom. The summed E-state index contributed by atoms with van der Waals surface area (Å²) in [5, 5.41) is 11.3. The molecule has 1 heterocycles. The molecule has 0 saturated carbocycles. The van der Waals surface area contributed by atoms with E-state index in [2.05, 4.69) is 10.3 Å². The Morgan fingerprint density at radius 1 is 1.29 bits per heavy atom. The molecule has 1 amide bonds. The minimum atomic E-state index is -1.08. The maximum absolute atomic E-state index is 12.1. The Kier molecular flexibility index (Phi) is 5.52. The van der Waals surface area contributed by atoms with Crippen LogP contribution in [-0.4, -0.2) is 28.0 Å². The van der Waals surface area contributed by atoms with Crippen LogP contribution in [0.25, 0.3) is 0 Å². The molecule has 6 nitrogen and oxygen atoms in total. The number of aromatic nitrogens is 1. The highest BCUT2D eigenvalue weighted by Gasteiger charge is 2.17. The first kappa shape index (κ1) is 17.5. The van der Waals surface area contributed by atoms with Gasteiger partial charge in [-0.2, -0.15) is 0 Å². The molecule has 0 spiro atoms. The number of nitrogens with one attached hydrogen (secondary N) is 1. The van der Waals surface area contributed by atoms with Crippen LogP contribution in [0.4, 0.5) is 0 Å². The fourth-order valence-corrected chi connectivity index (χ4v) is 2.29. The summed E-state index contributed by atoms with van der Waals surface area (Å²) in [5.41, 5.74) is 2.99. The standard InChI is InChI=1S/C18H20N2O4/c1-11-7-15(17(21)20-13(3)18(22)23)8-12(2)16(11)24-10-14-5-4-6-19-9-14/h4-9,13H,10H2,1-3H3,(H,20,21)(H,22,23)/t13-/m1/s1. The number of aliphatic carboxylic acids is 1. The summed E-state index contributed by atoms with van der Waals surface area (Å²) in [6, 6.07) is 6.20. The van der Waals surface area contributed by atoms with Gasteiger partial charge in [-0.1, -0.05) is 6.07 Å². The molecule has 6 heteroatoms. The summed E-state index contributed by atoms with van der Waals surface area (Å²) >= 11 is 0. The summed E-state index contributed by atoms with van der Waals surface area (Å²) in [6.07, 6.45) is 3.44. The number of carbonyl (C=O) groups is 2. The summed E-state index contributed by atoms with van der Waals surface area (Å²) in [7, 11) is 0. The lowest BCUT2D eigenvalue weighted by molar-refractivity contribution is -0.138. The Hall–Kier alpha value is -2.89. The van der Waals surface area contributed by atoms with Crippen molar-refractivity contribution >= 4 is 11.9 Å². The number of carboxylic acids is 1. The molecule has 0 fully saturated rings. The third-order valence-corrected chi connectivity index (χ3v) is 3.55. The van der Waals surface area contributed by atoms with Crippen molar-refractivity contribution in [2.75, 3.05) is 0 Å². The number of pyridine rings is 1. The number of amides is 1. The van der Waals surface area contributed by atoms with Crippen LogP contribution in [0.2, 0.25) is 0 Å². The maximum Gasteiger partial charge on any atom is 0.325 e. The van der Waals surface area contributed by atoms with Crippen LogP contribution < -0.4 is 10.1 Å². The molecule has 1 aromatic carbocycles. The first-order valence-corrected chi connectivity index (χ1v) is 7.55. The number of ether oxygens (including phenoxy) is 1. The van der Waals surface area contributed by atoms with Crippen molar-refractivity contribution in [3.05, 3.63) is 58.9 Å². The molecule has 2 aromatic rings. The number of rotatable bonds is 6. The van der Waals surface area contributed by atoms with Gasteiger partial charge < -0.3 is 15.2 Å². The molecular weight excluding hydrogens is 308 g/mol. The van der Waals surface area contributed by atoms with Crippen molar-refractivity contribution in [1.82, 2.24) is 10.3 Å². The molecule has 1 atom stereocenters. The largest absolute Gasteiger partial charge is 0.488 e. The molecule has 0 radical (unpaired) electrons. The highest BCUT2D eigenvalue weighted by atomic mass is 16.5. The zero-order valence-corrected chi connectivity index (χ0v) is 13.9. The molecular formula is C18H20N2O4. The van der Waals surface area contributed by atoms with Crippen LogP contribution in [-0.2, 0) is 11.4 Å². The van der Waals surface area contributed by atoms with Crippen LogP contribution in [0.1, 0.15) is 34.0 Å². The van der Waals surface area contributed by atoms with Crippen LogP contribution >= 0.6 is 0 Å². The van der Waals surface area contributed by atoms with Crippen LogP contribution in [0.5, 0.6) is 5.75 Å². The predicted molar refractivity (Wildman–Crippen MR) is 89.0 cm³/mol. The number of hydrogen-bond donors (Lipinski definition) is 2. The van der Waals surface area contributed by atoms with Gasteiger partial charge in [0.05, 0.1) is 0 Å². The van der Waals surface area contributed by atoms with E-state index >= 15 is 0 Å². The lowest BCUT2D eigenvalue weighted by Gasteiger charge is -2.15. The Balaban J connectivity index is 2.13. The normalized spacial score (nSPS) is 11.6. The lowest BCUT2D eigenvalue weighted by Crippen LogP contribution is -2.38. The van der Waals surface area contributed by atoms with Gasteiger partial charge in [0.1, 0.15) is 18.4 Å². The van der Waals surface area contributed by atoms with E-state index in [1.807, 2.05) is 26.0 Å². The van der Waals surface area contributed by atoms with Crippen LogP contribution in [0.15, 0.2) is 36.7 Å². The number of hydrogen-bond acceptors (Lipinski definition) is 4. The van der Waals surface area contributed by atoms with Crippen molar-refractivity contribution in [2.45, 2.75) is 33.4 Å². The van der Waals surface area contributed by atoms with Crippen LogP contribution in [0.3, 0.4) is 0 Å². The van der Waals surface area contributed by atoms with Crippen molar-refractivity contribution in [1.29, 1.82) is 0 Å². The number of carboxylic acid groups (broad SMARTS) is 1. The molecule has 1 aromatic heterocycles. The first-order chi connectivity index (χ1) is 11.4. The number of aryl methyl sites for hydroxylation is 2. The van der Waals surface area contributed by atoms with Gasteiger partial charge in [0.2, 0.25) is 0 Å². The SMILES string of the molecule is Cc1cc(C(=O)N[C@H](C)C(=O)O)cc(C)c1OCc1cccnc1.